The van der Waals surface area contributed by atoms with Crippen LogP contribution in [0, 0.1) is 5.82 Å². The minimum Gasteiger partial charge on any atom is -0.392 e. The minimum absolute atomic E-state index is 0.165. The molecule has 3 rings (SSSR count). The lowest BCUT2D eigenvalue weighted by atomic mass is 9.92. The summed E-state index contributed by atoms with van der Waals surface area (Å²) in [6.45, 7) is 7.83. The van der Waals surface area contributed by atoms with E-state index < -0.39 is 11.7 Å². The Kier molecular flexibility index (Phi) is 6.82. The first kappa shape index (κ1) is 23.0. The predicted octanol–water partition coefficient (Wildman–Crippen LogP) is 4.87. The Morgan fingerprint density at radius 3 is 2.58 bits per heavy atom. The van der Waals surface area contributed by atoms with Crippen molar-refractivity contribution >= 4 is 17.5 Å². The van der Waals surface area contributed by atoms with Crippen molar-refractivity contribution in [2.75, 3.05) is 0 Å². The molecule has 0 spiro atoms. The summed E-state index contributed by atoms with van der Waals surface area (Å²) in [5.41, 5.74) is 3.10. The third kappa shape index (κ3) is 5.32. The highest BCUT2D eigenvalue weighted by Crippen LogP contribution is 2.25. The lowest BCUT2D eigenvalue weighted by molar-refractivity contribution is -0.122. The molecule has 1 aromatic heterocycles. The van der Waals surface area contributed by atoms with Crippen molar-refractivity contribution in [2.45, 2.75) is 52.2 Å². The maximum atomic E-state index is 14.0. The van der Waals surface area contributed by atoms with Crippen molar-refractivity contribution in [1.29, 1.82) is 0 Å². The summed E-state index contributed by atoms with van der Waals surface area (Å²) in [6, 6.07) is 13.8. The Labute approximate surface area is 186 Å². The number of aromatic nitrogens is 2. The van der Waals surface area contributed by atoms with E-state index in [1.54, 1.807) is 23.7 Å². The molecule has 0 bridgehead atoms. The lowest BCUT2D eigenvalue weighted by Crippen LogP contribution is -2.28. The van der Waals surface area contributed by atoms with Gasteiger partial charge in [-0.2, -0.15) is 5.10 Å². The summed E-state index contributed by atoms with van der Waals surface area (Å²) in [4.78, 5) is 12.8. The minimum atomic E-state index is -0.549. The van der Waals surface area contributed by atoms with Crippen molar-refractivity contribution in [2.24, 2.45) is 0 Å². The van der Waals surface area contributed by atoms with Crippen LogP contribution in [0.4, 0.5) is 4.39 Å². The second-order valence-corrected chi connectivity index (χ2v) is 9.05. The Morgan fingerprint density at radius 1 is 1.23 bits per heavy atom. The number of nitrogens with zero attached hydrogens (tertiary/aromatic N) is 2. The number of hydrogen-bond donors (Lipinski definition) is 2. The van der Waals surface area contributed by atoms with Crippen molar-refractivity contribution in [3.63, 3.8) is 0 Å². The lowest BCUT2D eigenvalue weighted by Gasteiger charge is -2.14. The van der Waals surface area contributed by atoms with Crippen molar-refractivity contribution in [3.8, 4) is 5.69 Å². The van der Waals surface area contributed by atoms with Gasteiger partial charge in [-0.3, -0.25) is 4.79 Å². The number of halogens is 2. The molecular weight excluding hydrogens is 417 g/mol. The molecule has 0 aliphatic heterocycles. The summed E-state index contributed by atoms with van der Waals surface area (Å²) < 4.78 is 15.8. The number of rotatable bonds is 6. The van der Waals surface area contributed by atoms with E-state index in [2.05, 4.69) is 26.1 Å². The molecular formula is C24H27ClFN3O2. The fourth-order valence-corrected chi connectivity index (χ4v) is 3.37. The Bertz CT molecular complexity index is 1090. The van der Waals surface area contributed by atoms with E-state index in [-0.39, 0.29) is 30.0 Å². The molecule has 2 aromatic carbocycles. The van der Waals surface area contributed by atoms with Gasteiger partial charge in [-0.25, -0.2) is 9.07 Å². The molecule has 1 heterocycles. The van der Waals surface area contributed by atoms with Gasteiger partial charge in [0.1, 0.15) is 5.82 Å². The monoisotopic (exact) mass is 443 g/mol. The van der Waals surface area contributed by atoms with Gasteiger partial charge < -0.3 is 10.4 Å². The van der Waals surface area contributed by atoms with Crippen LogP contribution < -0.4 is 5.32 Å². The molecule has 5 nitrogen and oxygen atoms in total. The molecule has 3 aromatic rings. The number of benzene rings is 2. The van der Waals surface area contributed by atoms with E-state index in [1.807, 2.05) is 24.3 Å². The number of aliphatic hydroxyl groups is 1. The Morgan fingerprint density at radius 2 is 1.97 bits per heavy atom. The number of nitrogens with one attached hydrogen (secondary N) is 1. The summed E-state index contributed by atoms with van der Waals surface area (Å²) in [5.74, 6) is -1.30. The largest absolute Gasteiger partial charge is 0.392 e. The molecule has 2 N–H and O–H groups in total. The molecule has 0 fully saturated rings. The fourth-order valence-electron chi connectivity index (χ4n) is 3.19. The summed E-state index contributed by atoms with van der Waals surface area (Å²) >= 11 is 6.16. The molecule has 1 atom stereocenters. The van der Waals surface area contributed by atoms with Crippen molar-refractivity contribution in [1.82, 2.24) is 15.1 Å². The summed E-state index contributed by atoms with van der Waals surface area (Å²) in [7, 11) is 0. The SMILES string of the molecule is CC(C(=O)NCc1cc(C(C)(C)C)nn1-c1cccc(Cl)c1)c1ccc(CO)c(F)c1. The van der Waals surface area contributed by atoms with E-state index in [4.69, 9.17) is 21.8 Å². The Hall–Kier alpha value is -2.70. The molecule has 7 heteroatoms. The summed E-state index contributed by atoms with van der Waals surface area (Å²) in [6.07, 6.45) is 0. The number of carbonyl (C=O) groups is 1. The molecule has 1 unspecified atom stereocenters. The van der Waals surface area contributed by atoms with E-state index in [0.717, 1.165) is 17.1 Å². The maximum absolute atomic E-state index is 14.0. The first-order chi connectivity index (χ1) is 14.6. The van der Waals surface area contributed by atoms with Crippen LogP contribution in [0.2, 0.25) is 5.02 Å². The average molecular weight is 444 g/mol. The molecule has 0 aliphatic rings. The quantitative estimate of drug-likeness (QED) is 0.570. The standard InChI is InChI=1S/C24H27ClFN3O2/c1-15(16-8-9-17(14-30)21(26)10-16)23(31)27-13-20-12-22(24(2,3)4)28-29(20)19-7-5-6-18(25)11-19/h5-12,15,30H,13-14H2,1-4H3,(H,27,31). The van der Waals surface area contributed by atoms with Crippen LogP contribution in [0.25, 0.3) is 5.69 Å². The zero-order valence-electron chi connectivity index (χ0n) is 18.1. The number of aliphatic hydroxyl groups excluding tert-OH is 1. The van der Waals surface area contributed by atoms with E-state index in [9.17, 15) is 9.18 Å². The van der Waals surface area contributed by atoms with Crippen LogP contribution in [0.1, 0.15) is 56.1 Å². The second kappa shape index (κ2) is 9.20. The third-order valence-electron chi connectivity index (χ3n) is 5.19. The van der Waals surface area contributed by atoms with Crippen LogP contribution in [0.5, 0.6) is 0 Å². The molecule has 0 saturated carbocycles. The van der Waals surface area contributed by atoms with Gasteiger partial charge in [0.15, 0.2) is 0 Å². The molecule has 164 valence electrons. The highest BCUT2D eigenvalue weighted by Gasteiger charge is 2.22. The van der Waals surface area contributed by atoms with Crippen LogP contribution in [0.15, 0.2) is 48.5 Å². The van der Waals surface area contributed by atoms with Gasteiger partial charge in [0.2, 0.25) is 5.91 Å². The van der Waals surface area contributed by atoms with E-state index in [1.165, 1.54) is 12.1 Å². The average Bonchev–Trinajstić information content (AvgIpc) is 3.16. The number of carbonyl (C=O) groups excluding carboxylic acids is 1. The van der Waals surface area contributed by atoms with Gasteiger partial charge in [-0.15, -0.1) is 0 Å². The van der Waals surface area contributed by atoms with Gasteiger partial charge in [0, 0.05) is 16.0 Å². The van der Waals surface area contributed by atoms with Crippen LogP contribution >= 0.6 is 11.6 Å². The zero-order chi connectivity index (χ0) is 22.8. The molecule has 0 radical (unpaired) electrons. The van der Waals surface area contributed by atoms with Crippen LogP contribution in [0.3, 0.4) is 0 Å². The summed E-state index contributed by atoms with van der Waals surface area (Å²) in [5, 5.41) is 17.4. The number of amides is 1. The normalized spacial score (nSPS) is 12.6. The highest BCUT2D eigenvalue weighted by atomic mass is 35.5. The second-order valence-electron chi connectivity index (χ2n) is 8.61. The van der Waals surface area contributed by atoms with Crippen LogP contribution in [-0.2, 0) is 23.4 Å². The third-order valence-corrected chi connectivity index (χ3v) is 5.42. The van der Waals surface area contributed by atoms with Gasteiger partial charge in [-0.05, 0) is 42.8 Å². The smallest absolute Gasteiger partial charge is 0.227 e. The predicted molar refractivity (Wildman–Crippen MR) is 120 cm³/mol. The highest BCUT2D eigenvalue weighted by molar-refractivity contribution is 6.30. The maximum Gasteiger partial charge on any atom is 0.227 e. The van der Waals surface area contributed by atoms with Crippen LogP contribution in [-0.4, -0.2) is 20.8 Å². The number of hydrogen-bond acceptors (Lipinski definition) is 3. The zero-order valence-corrected chi connectivity index (χ0v) is 18.9. The van der Waals surface area contributed by atoms with Gasteiger partial charge in [-0.1, -0.05) is 50.6 Å². The van der Waals surface area contributed by atoms with Gasteiger partial charge in [0.25, 0.3) is 0 Å². The Balaban J connectivity index is 1.82. The van der Waals surface area contributed by atoms with E-state index in [0.29, 0.717) is 10.6 Å². The topological polar surface area (TPSA) is 67.2 Å². The first-order valence-electron chi connectivity index (χ1n) is 10.1. The van der Waals surface area contributed by atoms with Crippen molar-refractivity contribution in [3.05, 3.63) is 81.9 Å². The van der Waals surface area contributed by atoms with Crippen molar-refractivity contribution < 1.29 is 14.3 Å². The van der Waals surface area contributed by atoms with E-state index >= 15 is 0 Å². The molecule has 0 saturated heterocycles. The molecule has 31 heavy (non-hydrogen) atoms. The van der Waals surface area contributed by atoms with Gasteiger partial charge in [0.05, 0.1) is 36.1 Å². The molecule has 1 amide bonds. The van der Waals surface area contributed by atoms with Gasteiger partial charge >= 0.3 is 0 Å². The first-order valence-corrected chi connectivity index (χ1v) is 10.5. The molecule has 0 aliphatic carbocycles. The fraction of sp³-hybridized carbons (Fsp3) is 0.333.